The van der Waals surface area contributed by atoms with E-state index in [2.05, 4.69) is 16.8 Å². The molecule has 22 heavy (non-hydrogen) atoms. The molecule has 1 aromatic rings. The van der Waals surface area contributed by atoms with Gasteiger partial charge in [-0.25, -0.2) is 0 Å². The summed E-state index contributed by atoms with van der Waals surface area (Å²) in [6, 6.07) is 1.97. The number of methoxy groups -OCH3 is 1. The van der Waals surface area contributed by atoms with Gasteiger partial charge < -0.3 is 9.64 Å². The van der Waals surface area contributed by atoms with E-state index >= 15 is 0 Å². The molecule has 120 valence electrons. The maximum atomic E-state index is 12.8. The molecule has 0 radical (unpaired) electrons. The zero-order valence-electron chi connectivity index (χ0n) is 13.5. The monoisotopic (exact) mass is 303 g/mol. The first-order valence-electron chi connectivity index (χ1n) is 8.14. The van der Waals surface area contributed by atoms with Crippen molar-refractivity contribution in [1.82, 2.24) is 14.8 Å². The first-order valence-corrected chi connectivity index (χ1v) is 8.14. The summed E-state index contributed by atoms with van der Waals surface area (Å²) in [5, 5.41) is 0. The van der Waals surface area contributed by atoms with Crippen LogP contribution in [0.4, 0.5) is 0 Å². The molecule has 1 aromatic heterocycles. The van der Waals surface area contributed by atoms with Crippen LogP contribution in [0.3, 0.4) is 0 Å². The number of hydrogen-bond acceptors (Lipinski definition) is 4. The second kappa shape index (κ2) is 6.75. The van der Waals surface area contributed by atoms with Crippen molar-refractivity contribution in [2.45, 2.75) is 44.9 Å². The van der Waals surface area contributed by atoms with Crippen LogP contribution in [0.1, 0.15) is 30.4 Å². The summed E-state index contributed by atoms with van der Waals surface area (Å²) >= 11 is 0. The van der Waals surface area contributed by atoms with Crippen LogP contribution in [0, 0.1) is 6.92 Å². The molecule has 5 heteroatoms. The normalized spacial score (nSPS) is 25.8. The summed E-state index contributed by atoms with van der Waals surface area (Å²) in [5.74, 6) is 0.276. The Morgan fingerprint density at radius 2 is 2.18 bits per heavy atom. The topological polar surface area (TPSA) is 45.7 Å². The van der Waals surface area contributed by atoms with Crippen molar-refractivity contribution < 1.29 is 9.53 Å². The molecule has 0 spiro atoms. The molecular weight excluding hydrogens is 278 g/mol. The van der Waals surface area contributed by atoms with Gasteiger partial charge in [0.05, 0.1) is 12.1 Å². The molecule has 2 aliphatic heterocycles. The second-order valence-electron chi connectivity index (χ2n) is 6.37. The fourth-order valence-electron chi connectivity index (χ4n) is 3.49. The molecule has 0 unspecified atom stereocenters. The van der Waals surface area contributed by atoms with Crippen LogP contribution in [0.5, 0.6) is 0 Å². The third-order valence-electron chi connectivity index (χ3n) is 4.92. The van der Waals surface area contributed by atoms with Gasteiger partial charge in [-0.1, -0.05) is 0 Å². The maximum absolute atomic E-state index is 12.8. The lowest BCUT2D eigenvalue weighted by atomic mass is 10.1. The van der Waals surface area contributed by atoms with E-state index in [4.69, 9.17) is 4.74 Å². The Hall–Kier alpha value is -1.46. The predicted octanol–water partition coefficient (Wildman–Crippen LogP) is 1.60. The summed E-state index contributed by atoms with van der Waals surface area (Å²) < 4.78 is 5.52. The molecule has 0 saturated carbocycles. The number of ether oxygens (including phenoxy) is 1. The third kappa shape index (κ3) is 3.15. The predicted molar refractivity (Wildman–Crippen MR) is 84.4 cm³/mol. The molecule has 2 atom stereocenters. The van der Waals surface area contributed by atoms with Crippen molar-refractivity contribution >= 4 is 5.91 Å². The standard InChI is InChI=1S/C17H25N3O2/c1-13-5-6-18-10-14(13)11-20-12-15(22-2)9-16(20)17(21)19-7-3-4-8-19/h5-6,10,15-16H,3-4,7-9,11-12H2,1-2H3/t15-,16-/m0/s1. The quantitative estimate of drug-likeness (QED) is 0.847. The number of pyridine rings is 1. The van der Waals surface area contributed by atoms with Crippen molar-refractivity contribution in [2.75, 3.05) is 26.7 Å². The molecule has 1 amide bonds. The number of hydrogen-bond donors (Lipinski definition) is 0. The van der Waals surface area contributed by atoms with E-state index in [1.165, 1.54) is 11.1 Å². The number of nitrogens with zero attached hydrogens (tertiary/aromatic N) is 3. The van der Waals surface area contributed by atoms with Gasteiger partial charge in [0.2, 0.25) is 5.91 Å². The molecule has 3 heterocycles. The zero-order valence-corrected chi connectivity index (χ0v) is 13.5. The number of likely N-dealkylation sites (tertiary alicyclic amines) is 2. The summed E-state index contributed by atoms with van der Waals surface area (Å²) in [5.41, 5.74) is 2.42. The van der Waals surface area contributed by atoms with Crippen LogP contribution >= 0.6 is 0 Å². The number of amides is 1. The van der Waals surface area contributed by atoms with Crippen molar-refractivity contribution in [3.63, 3.8) is 0 Å². The average Bonchev–Trinajstić information content (AvgIpc) is 3.18. The van der Waals surface area contributed by atoms with Crippen molar-refractivity contribution in [2.24, 2.45) is 0 Å². The average molecular weight is 303 g/mol. The van der Waals surface area contributed by atoms with E-state index in [1.807, 2.05) is 23.4 Å². The Morgan fingerprint density at radius 1 is 1.41 bits per heavy atom. The highest BCUT2D eigenvalue weighted by Crippen LogP contribution is 2.26. The number of aromatic nitrogens is 1. The zero-order chi connectivity index (χ0) is 15.5. The Balaban J connectivity index is 1.74. The van der Waals surface area contributed by atoms with Crippen LogP contribution < -0.4 is 0 Å². The smallest absolute Gasteiger partial charge is 0.240 e. The van der Waals surface area contributed by atoms with Crippen molar-refractivity contribution in [3.8, 4) is 0 Å². The van der Waals surface area contributed by atoms with Gasteiger partial charge in [-0.15, -0.1) is 0 Å². The molecule has 5 nitrogen and oxygen atoms in total. The molecule has 0 bridgehead atoms. The molecular formula is C17H25N3O2. The van der Waals surface area contributed by atoms with E-state index in [0.717, 1.165) is 45.4 Å². The van der Waals surface area contributed by atoms with E-state index in [9.17, 15) is 4.79 Å². The van der Waals surface area contributed by atoms with Gasteiger partial charge >= 0.3 is 0 Å². The summed E-state index contributed by atoms with van der Waals surface area (Å²) in [7, 11) is 1.74. The van der Waals surface area contributed by atoms with E-state index in [-0.39, 0.29) is 18.1 Å². The minimum absolute atomic E-state index is 0.0531. The fraction of sp³-hybridized carbons (Fsp3) is 0.647. The van der Waals surface area contributed by atoms with Gasteiger partial charge in [0.25, 0.3) is 0 Å². The number of carbonyl (C=O) groups excluding carboxylic acids is 1. The molecule has 0 N–H and O–H groups in total. The van der Waals surface area contributed by atoms with E-state index in [0.29, 0.717) is 0 Å². The Kier molecular flexibility index (Phi) is 4.74. The number of aryl methyl sites for hydroxylation is 1. The number of carbonyl (C=O) groups is 1. The van der Waals surface area contributed by atoms with Gasteiger partial charge in [-0.2, -0.15) is 0 Å². The minimum Gasteiger partial charge on any atom is -0.380 e. The lowest BCUT2D eigenvalue weighted by Crippen LogP contribution is -2.44. The molecule has 2 aliphatic rings. The largest absolute Gasteiger partial charge is 0.380 e. The first kappa shape index (κ1) is 15.4. The van der Waals surface area contributed by atoms with Gasteiger partial charge in [0.1, 0.15) is 0 Å². The molecule has 0 aromatic carbocycles. The highest BCUT2D eigenvalue weighted by Gasteiger charge is 2.39. The molecule has 2 saturated heterocycles. The van der Waals surface area contributed by atoms with E-state index < -0.39 is 0 Å². The first-order chi connectivity index (χ1) is 10.7. The Bertz CT molecular complexity index is 528. The lowest BCUT2D eigenvalue weighted by Gasteiger charge is -2.27. The van der Waals surface area contributed by atoms with Crippen molar-refractivity contribution in [3.05, 3.63) is 29.6 Å². The summed E-state index contributed by atoms with van der Waals surface area (Å²) in [4.78, 5) is 21.3. The van der Waals surface area contributed by atoms with Gasteiger partial charge in [0, 0.05) is 45.7 Å². The van der Waals surface area contributed by atoms with Crippen LogP contribution in [0.2, 0.25) is 0 Å². The summed E-state index contributed by atoms with van der Waals surface area (Å²) in [6.45, 7) is 5.50. The van der Waals surface area contributed by atoms with Crippen LogP contribution in [-0.2, 0) is 16.1 Å². The van der Waals surface area contributed by atoms with Gasteiger partial charge in [0.15, 0.2) is 0 Å². The molecule has 3 rings (SSSR count). The van der Waals surface area contributed by atoms with Crippen LogP contribution in [-0.4, -0.2) is 59.6 Å². The van der Waals surface area contributed by atoms with Crippen LogP contribution in [0.15, 0.2) is 18.5 Å². The highest BCUT2D eigenvalue weighted by atomic mass is 16.5. The van der Waals surface area contributed by atoms with Gasteiger partial charge in [-0.05, 0) is 43.4 Å². The lowest BCUT2D eigenvalue weighted by molar-refractivity contribution is -0.135. The Morgan fingerprint density at radius 3 is 2.86 bits per heavy atom. The minimum atomic E-state index is -0.0531. The number of rotatable bonds is 4. The van der Waals surface area contributed by atoms with Crippen LogP contribution in [0.25, 0.3) is 0 Å². The third-order valence-corrected chi connectivity index (χ3v) is 4.92. The second-order valence-corrected chi connectivity index (χ2v) is 6.37. The van der Waals surface area contributed by atoms with Crippen molar-refractivity contribution in [1.29, 1.82) is 0 Å². The molecule has 0 aliphatic carbocycles. The fourth-order valence-corrected chi connectivity index (χ4v) is 3.49. The molecule has 2 fully saturated rings. The SMILES string of the molecule is CO[C@H]1C[C@@H](C(=O)N2CCCC2)N(Cc2cnccc2C)C1. The summed E-state index contributed by atoms with van der Waals surface area (Å²) in [6.07, 6.45) is 6.93. The van der Waals surface area contributed by atoms with E-state index in [1.54, 1.807) is 7.11 Å². The van der Waals surface area contributed by atoms with Gasteiger partial charge in [-0.3, -0.25) is 14.7 Å². The Labute approximate surface area is 132 Å². The highest BCUT2D eigenvalue weighted by molar-refractivity contribution is 5.82. The maximum Gasteiger partial charge on any atom is 0.240 e.